The van der Waals surface area contributed by atoms with E-state index in [1.165, 1.54) is 5.56 Å². The number of aryl methyl sites for hydroxylation is 1. The average molecular weight is 251 g/mol. The van der Waals surface area contributed by atoms with Gasteiger partial charge in [-0.05, 0) is 12.5 Å². The maximum absolute atomic E-state index is 10.2. The molecule has 1 atom stereocenters. The summed E-state index contributed by atoms with van der Waals surface area (Å²) < 4.78 is 5.27. The maximum atomic E-state index is 10.2. The Morgan fingerprint density at radius 3 is 2.47 bits per heavy atom. The monoisotopic (exact) mass is 251 g/mol. The molecular formula is C13H17NO2S. The van der Waals surface area contributed by atoms with Crippen LogP contribution >= 0.6 is 12.2 Å². The van der Waals surface area contributed by atoms with Crippen LogP contribution in [0.4, 0.5) is 0 Å². The van der Waals surface area contributed by atoms with Crippen molar-refractivity contribution in [2.24, 2.45) is 0 Å². The Kier molecular flexibility index (Phi) is 4.10. The van der Waals surface area contributed by atoms with E-state index in [1.807, 2.05) is 36.1 Å². The van der Waals surface area contributed by atoms with Crippen molar-refractivity contribution < 1.29 is 9.84 Å². The van der Waals surface area contributed by atoms with Crippen molar-refractivity contribution in [1.29, 1.82) is 0 Å². The van der Waals surface area contributed by atoms with Gasteiger partial charge in [0, 0.05) is 13.1 Å². The third-order valence-electron chi connectivity index (χ3n) is 2.95. The van der Waals surface area contributed by atoms with Gasteiger partial charge < -0.3 is 14.7 Å². The second-order valence-corrected chi connectivity index (χ2v) is 4.67. The molecule has 1 aliphatic heterocycles. The summed E-state index contributed by atoms with van der Waals surface area (Å²) in [5, 5.41) is 10.2. The zero-order chi connectivity index (χ0) is 12.3. The van der Waals surface area contributed by atoms with Gasteiger partial charge in [0.15, 0.2) is 0 Å². The molecule has 0 bridgehead atoms. The van der Waals surface area contributed by atoms with Gasteiger partial charge in [-0.15, -0.1) is 0 Å². The lowest BCUT2D eigenvalue weighted by Crippen LogP contribution is -2.42. The quantitative estimate of drug-likeness (QED) is 0.811. The third-order valence-corrected chi connectivity index (χ3v) is 3.43. The predicted octanol–water partition coefficient (Wildman–Crippen LogP) is 1.69. The summed E-state index contributed by atoms with van der Waals surface area (Å²) in [7, 11) is 0. The zero-order valence-corrected chi connectivity index (χ0v) is 10.7. The van der Waals surface area contributed by atoms with Gasteiger partial charge >= 0.3 is 0 Å². The van der Waals surface area contributed by atoms with Gasteiger partial charge in [0.05, 0.1) is 13.2 Å². The van der Waals surface area contributed by atoms with E-state index in [9.17, 15) is 5.11 Å². The van der Waals surface area contributed by atoms with Crippen LogP contribution in [0, 0.1) is 6.92 Å². The molecule has 3 nitrogen and oxygen atoms in total. The molecule has 1 heterocycles. The molecule has 1 N–H and O–H groups in total. The smallest absolute Gasteiger partial charge is 0.129 e. The van der Waals surface area contributed by atoms with Gasteiger partial charge in [0.1, 0.15) is 11.1 Å². The molecule has 1 aromatic rings. The Labute approximate surface area is 107 Å². The zero-order valence-electron chi connectivity index (χ0n) is 9.93. The number of aliphatic hydroxyl groups excluding tert-OH is 1. The van der Waals surface area contributed by atoms with Gasteiger partial charge in [0.25, 0.3) is 0 Å². The molecule has 0 amide bonds. The Bertz CT molecular complexity index is 385. The van der Waals surface area contributed by atoms with Crippen LogP contribution in [-0.2, 0) is 4.74 Å². The molecule has 17 heavy (non-hydrogen) atoms. The topological polar surface area (TPSA) is 32.7 Å². The molecule has 1 aliphatic rings. The van der Waals surface area contributed by atoms with Crippen LogP contribution in [0.5, 0.6) is 0 Å². The second-order valence-electron chi connectivity index (χ2n) is 4.25. The summed E-state index contributed by atoms with van der Waals surface area (Å²) in [4.78, 5) is 2.61. The highest BCUT2D eigenvalue weighted by Gasteiger charge is 2.21. The molecule has 0 spiro atoms. The van der Waals surface area contributed by atoms with E-state index in [0.29, 0.717) is 18.2 Å². The van der Waals surface area contributed by atoms with Crippen molar-refractivity contribution in [3.63, 3.8) is 0 Å². The van der Waals surface area contributed by atoms with E-state index in [1.54, 1.807) is 0 Å². The lowest BCUT2D eigenvalue weighted by atomic mass is 10.1. The number of benzene rings is 1. The first kappa shape index (κ1) is 12.5. The fraction of sp³-hybridized carbons (Fsp3) is 0.462. The van der Waals surface area contributed by atoms with E-state index in [2.05, 4.69) is 0 Å². The molecule has 1 aromatic carbocycles. The number of rotatable bonds is 2. The van der Waals surface area contributed by atoms with Gasteiger partial charge in [0.2, 0.25) is 0 Å². The minimum Gasteiger partial charge on any atom is -0.381 e. The molecule has 4 heteroatoms. The van der Waals surface area contributed by atoms with Crippen LogP contribution in [-0.4, -0.2) is 41.3 Å². The summed E-state index contributed by atoms with van der Waals surface area (Å²) >= 11 is 5.33. The summed E-state index contributed by atoms with van der Waals surface area (Å²) in [6, 6.07) is 7.82. The predicted molar refractivity (Wildman–Crippen MR) is 71.1 cm³/mol. The number of thiocarbonyl (C=S) groups is 1. The summed E-state index contributed by atoms with van der Waals surface area (Å²) in [6.07, 6.45) is -0.691. The van der Waals surface area contributed by atoms with E-state index in [-0.39, 0.29) is 0 Å². The van der Waals surface area contributed by atoms with Crippen molar-refractivity contribution in [3.8, 4) is 0 Å². The highest BCUT2D eigenvalue weighted by molar-refractivity contribution is 7.80. The number of ether oxygens (including phenoxy) is 1. The highest BCUT2D eigenvalue weighted by atomic mass is 32.1. The first-order valence-electron chi connectivity index (χ1n) is 5.79. The molecule has 1 unspecified atom stereocenters. The standard InChI is InChI=1S/C13H17NO2S/c1-10-2-4-11(5-3-10)12(15)13(17)14-6-8-16-9-7-14/h2-5,12,15H,6-9H2,1H3. The van der Waals surface area contributed by atoms with E-state index in [4.69, 9.17) is 17.0 Å². The second kappa shape index (κ2) is 5.58. The van der Waals surface area contributed by atoms with Gasteiger partial charge in [-0.1, -0.05) is 42.0 Å². The Morgan fingerprint density at radius 2 is 1.88 bits per heavy atom. The van der Waals surface area contributed by atoms with Crippen LogP contribution in [0.3, 0.4) is 0 Å². The number of aliphatic hydroxyl groups is 1. The summed E-state index contributed by atoms with van der Waals surface area (Å²) in [5.74, 6) is 0. The number of morpholine rings is 1. The number of hydrogen-bond acceptors (Lipinski definition) is 3. The van der Waals surface area contributed by atoms with Crippen LogP contribution in [0.25, 0.3) is 0 Å². The normalized spacial score (nSPS) is 17.9. The van der Waals surface area contributed by atoms with E-state index < -0.39 is 6.10 Å². The first-order chi connectivity index (χ1) is 8.18. The minimum atomic E-state index is -0.691. The molecule has 0 aliphatic carbocycles. The fourth-order valence-corrected chi connectivity index (χ4v) is 2.17. The molecular weight excluding hydrogens is 234 g/mol. The van der Waals surface area contributed by atoms with Crippen molar-refractivity contribution in [1.82, 2.24) is 4.90 Å². The van der Waals surface area contributed by atoms with Gasteiger partial charge in [-0.3, -0.25) is 0 Å². The van der Waals surface area contributed by atoms with Crippen LogP contribution in [0.1, 0.15) is 17.2 Å². The van der Waals surface area contributed by atoms with Crippen molar-refractivity contribution in [2.45, 2.75) is 13.0 Å². The number of hydrogen-bond donors (Lipinski definition) is 1. The van der Waals surface area contributed by atoms with E-state index in [0.717, 1.165) is 18.7 Å². The number of nitrogens with zero attached hydrogens (tertiary/aromatic N) is 1. The molecule has 0 aromatic heterocycles. The molecule has 1 fully saturated rings. The largest absolute Gasteiger partial charge is 0.381 e. The van der Waals surface area contributed by atoms with Crippen LogP contribution in [0.2, 0.25) is 0 Å². The minimum absolute atomic E-state index is 0.595. The SMILES string of the molecule is Cc1ccc(C(O)C(=S)N2CCOCC2)cc1. The van der Waals surface area contributed by atoms with E-state index >= 15 is 0 Å². The summed E-state index contributed by atoms with van der Waals surface area (Å²) in [6.45, 7) is 4.92. The Morgan fingerprint density at radius 1 is 1.29 bits per heavy atom. The molecule has 92 valence electrons. The Hall–Kier alpha value is -0.970. The Balaban J connectivity index is 2.05. The summed E-state index contributed by atoms with van der Waals surface area (Å²) in [5.41, 5.74) is 2.03. The van der Waals surface area contributed by atoms with Gasteiger partial charge in [-0.25, -0.2) is 0 Å². The van der Waals surface area contributed by atoms with Crippen molar-refractivity contribution >= 4 is 17.2 Å². The molecule has 0 saturated carbocycles. The third kappa shape index (κ3) is 3.03. The molecule has 0 radical (unpaired) electrons. The van der Waals surface area contributed by atoms with Crippen LogP contribution in [0.15, 0.2) is 24.3 Å². The van der Waals surface area contributed by atoms with Crippen LogP contribution < -0.4 is 0 Å². The molecule has 2 rings (SSSR count). The first-order valence-corrected chi connectivity index (χ1v) is 6.20. The van der Waals surface area contributed by atoms with Crippen molar-refractivity contribution in [2.75, 3.05) is 26.3 Å². The fourth-order valence-electron chi connectivity index (χ4n) is 1.85. The van der Waals surface area contributed by atoms with Gasteiger partial charge in [-0.2, -0.15) is 0 Å². The molecule has 1 saturated heterocycles. The average Bonchev–Trinajstić information content (AvgIpc) is 2.39. The maximum Gasteiger partial charge on any atom is 0.129 e. The van der Waals surface area contributed by atoms with Crippen molar-refractivity contribution in [3.05, 3.63) is 35.4 Å². The highest BCUT2D eigenvalue weighted by Crippen LogP contribution is 2.18. The lowest BCUT2D eigenvalue weighted by molar-refractivity contribution is 0.0638. The lowest BCUT2D eigenvalue weighted by Gasteiger charge is -2.31.